The topological polar surface area (TPSA) is 73.6 Å². The zero-order valence-corrected chi connectivity index (χ0v) is 17.2. The lowest BCUT2D eigenvalue weighted by Crippen LogP contribution is -2.06. The first-order valence-electron chi connectivity index (χ1n) is 9.34. The minimum atomic E-state index is -0.200. The first-order valence-corrected chi connectivity index (χ1v) is 9.34. The number of H-pyrrole nitrogens is 2. The van der Waals surface area contributed by atoms with Crippen molar-refractivity contribution in [2.75, 3.05) is 11.9 Å². The van der Waals surface area contributed by atoms with Gasteiger partial charge in [-0.1, -0.05) is 70.1 Å². The molecule has 0 spiro atoms. The van der Waals surface area contributed by atoms with E-state index in [4.69, 9.17) is 0 Å². The third-order valence-corrected chi connectivity index (χ3v) is 3.16. The molecule has 0 aliphatic carbocycles. The minimum absolute atomic E-state index is 0.200. The van der Waals surface area contributed by atoms with Crippen LogP contribution in [0.4, 0.5) is 5.82 Å². The fourth-order valence-electron chi connectivity index (χ4n) is 2.02. The van der Waals surface area contributed by atoms with Gasteiger partial charge in [-0.25, -0.2) is 9.78 Å². The number of hydrogen-bond acceptors (Lipinski definition) is 3. The maximum atomic E-state index is 11.1. The van der Waals surface area contributed by atoms with E-state index >= 15 is 0 Å². The van der Waals surface area contributed by atoms with Gasteiger partial charge >= 0.3 is 5.69 Å². The number of aromatic nitrogens is 3. The molecule has 26 heavy (non-hydrogen) atoms. The number of nitrogens with one attached hydrogen (secondary N) is 3. The fraction of sp³-hybridized carbons (Fsp3) is 0.429. The quantitative estimate of drug-likeness (QED) is 0.576. The predicted molar refractivity (Wildman–Crippen MR) is 116 cm³/mol. The van der Waals surface area contributed by atoms with Crippen molar-refractivity contribution in [2.45, 2.75) is 54.9 Å². The third kappa shape index (κ3) is 7.55. The van der Waals surface area contributed by atoms with Gasteiger partial charge in [0.1, 0.15) is 5.82 Å². The van der Waals surface area contributed by atoms with Crippen LogP contribution in [0, 0.1) is 0 Å². The number of rotatable bonds is 1. The standard InChI is InChI=1S/C9H8N4O.C7H12.C3H8.C2H6/c14-9-12-6-4-11-8-5(7(6)13-9)2-1-3-10-8;1-4-6-7(3)5-2;1-3-2;1-2/h1-2,4H,3H2,(H,10,11)(H2,12,13,14);4-6H,1-3H3;3H2,1-2H3;1-2H3/b;6-4-,7-5-;;. The van der Waals surface area contributed by atoms with E-state index in [1.54, 1.807) is 6.20 Å². The maximum absolute atomic E-state index is 11.1. The summed E-state index contributed by atoms with van der Waals surface area (Å²) in [5, 5.41) is 3.13. The first-order chi connectivity index (χ1) is 12.6. The molecule has 5 nitrogen and oxygen atoms in total. The Labute approximate surface area is 157 Å². The van der Waals surface area contributed by atoms with Crippen LogP contribution < -0.4 is 11.0 Å². The highest BCUT2D eigenvalue weighted by atomic mass is 16.1. The van der Waals surface area contributed by atoms with E-state index in [9.17, 15) is 4.79 Å². The fourth-order valence-corrected chi connectivity index (χ4v) is 2.02. The average molecular weight is 359 g/mol. The molecule has 0 amide bonds. The van der Waals surface area contributed by atoms with Gasteiger partial charge in [0.2, 0.25) is 0 Å². The van der Waals surface area contributed by atoms with Crippen molar-refractivity contribution in [3.05, 3.63) is 52.1 Å². The van der Waals surface area contributed by atoms with Crippen LogP contribution in [-0.4, -0.2) is 21.5 Å². The number of aromatic amines is 2. The zero-order chi connectivity index (χ0) is 19.9. The van der Waals surface area contributed by atoms with Crippen LogP contribution in [0.3, 0.4) is 0 Å². The number of nitrogens with zero attached hydrogens (tertiary/aromatic N) is 1. The summed E-state index contributed by atoms with van der Waals surface area (Å²) < 4.78 is 0. The molecule has 0 saturated heterocycles. The highest BCUT2D eigenvalue weighted by Gasteiger charge is 2.10. The molecule has 3 N–H and O–H groups in total. The van der Waals surface area contributed by atoms with E-state index in [1.807, 2.05) is 45.9 Å². The number of hydrogen-bond donors (Lipinski definition) is 3. The number of fused-ring (bicyclic) bond motifs is 3. The summed E-state index contributed by atoms with van der Waals surface area (Å²) in [5.74, 6) is 0.815. The normalized spacial score (nSPS) is 12.0. The van der Waals surface area contributed by atoms with Crippen LogP contribution in [0.2, 0.25) is 0 Å². The molecule has 144 valence electrons. The largest absolute Gasteiger partial charge is 0.366 e. The van der Waals surface area contributed by atoms with Crippen LogP contribution in [-0.2, 0) is 0 Å². The minimum Gasteiger partial charge on any atom is -0.366 e. The molecule has 0 saturated carbocycles. The van der Waals surface area contributed by atoms with Gasteiger partial charge in [0.25, 0.3) is 0 Å². The highest BCUT2D eigenvalue weighted by molar-refractivity contribution is 5.89. The van der Waals surface area contributed by atoms with Crippen molar-refractivity contribution in [3.63, 3.8) is 0 Å². The van der Waals surface area contributed by atoms with E-state index in [0.29, 0.717) is 0 Å². The number of anilines is 1. The molecular formula is C21H34N4O. The van der Waals surface area contributed by atoms with E-state index < -0.39 is 0 Å². The molecule has 2 aromatic rings. The Morgan fingerprint density at radius 3 is 2.42 bits per heavy atom. The van der Waals surface area contributed by atoms with Crippen molar-refractivity contribution in [2.24, 2.45) is 0 Å². The maximum Gasteiger partial charge on any atom is 0.323 e. The van der Waals surface area contributed by atoms with Gasteiger partial charge < -0.3 is 15.3 Å². The summed E-state index contributed by atoms with van der Waals surface area (Å²) in [6.07, 6.45) is 13.1. The molecule has 1 aliphatic rings. The summed E-state index contributed by atoms with van der Waals surface area (Å²) in [7, 11) is 0. The van der Waals surface area contributed by atoms with E-state index in [1.165, 1.54) is 12.0 Å². The zero-order valence-electron chi connectivity index (χ0n) is 17.2. The summed E-state index contributed by atoms with van der Waals surface area (Å²) in [6.45, 7) is 15.2. The molecule has 0 fully saturated rings. The van der Waals surface area contributed by atoms with Crippen molar-refractivity contribution in [1.29, 1.82) is 0 Å². The van der Waals surface area contributed by atoms with Gasteiger partial charge in [0, 0.05) is 12.1 Å². The molecule has 0 aromatic carbocycles. The first kappa shape index (κ1) is 23.4. The van der Waals surface area contributed by atoms with Crippen molar-refractivity contribution >= 4 is 22.9 Å². The Bertz CT molecular complexity index is 779. The molecule has 3 heterocycles. The van der Waals surface area contributed by atoms with Gasteiger partial charge in [-0.2, -0.15) is 0 Å². The van der Waals surface area contributed by atoms with Gasteiger partial charge in [0.05, 0.1) is 17.2 Å². The van der Waals surface area contributed by atoms with Crippen molar-refractivity contribution in [1.82, 2.24) is 15.0 Å². The SMILES string of the molecule is C/C=C\C(C)=C/C.CC.CCC.O=c1[nH]c2cnc3c(c2[nH]1)C=CCN3. The van der Waals surface area contributed by atoms with E-state index in [0.717, 1.165) is 29.0 Å². The summed E-state index contributed by atoms with van der Waals surface area (Å²) >= 11 is 0. The average Bonchev–Trinajstić information content (AvgIpc) is 3.05. The molecule has 5 heteroatoms. The third-order valence-electron chi connectivity index (χ3n) is 3.16. The van der Waals surface area contributed by atoms with Crippen LogP contribution in [0.5, 0.6) is 0 Å². The van der Waals surface area contributed by atoms with Crippen LogP contribution in [0.15, 0.2) is 40.9 Å². The molecule has 3 rings (SSSR count). The Morgan fingerprint density at radius 2 is 1.88 bits per heavy atom. The Morgan fingerprint density at radius 1 is 1.23 bits per heavy atom. The Kier molecular flexibility index (Phi) is 12.4. The van der Waals surface area contributed by atoms with Gasteiger partial charge in [-0.05, 0) is 20.8 Å². The van der Waals surface area contributed by atoms with Gasteiger partial charge in [-0.3, -0.25) is 0 Å². The number of pyridine rings is 1. The van der Waals surface area contributed by atoms with Crippen LogP contribution >= 0.6 is 0 Å². The molecule has 0 bridgehead atoms. The molecule has 1 aliphatic heterocycles. The molecule has 2 aromatic heterocycles. The Balaban J connectivity index is 0.000000444. The summed E-state index contributed by atoms with van der Waals surface area (Å²) in [6, 6.07) is 0. The van der Waals surface area contributed by atoms with Crippen LogP contribution in [0.25, 0.3) is 17.1 Å². The monoisotopic (exact) mass is 358 g/mol. The Hall–Kier alpha value is -2.56. The van der Waals surface area contributed by atoms with Gasteiger partial charge in [0.15, 0.2) is 0 Å². The molecule has 0 unspecified atom stereocenters. The van der Waals surface area contributed by atoms with Crippen molar-refractivity contribution < 1.29 is 0 Å². The summed E-state index contributed by atoms with van der Waals surface area (Å²) in [5.41, 5.74) is 3.61. The molecule has 0 radical (unpaired) electrons. The summed E-state index contributed by atoms with van der Waals surface area (Å²) in [4.78, 5) is 20.7. The predicted octanol–water partition coefficient (Wildman–Crippen LogP) is 5.66. The van der Waals surface area contributed by atoms with E-state index in [2.05, 4.69) is 53.2 Å². The van der Waals surface area contributed by atoms with Crippen LogP contribution in [0.1, 0.15) is 60.5 Å². The highest BCUT2D eigenvalue weighted by Crippen LogP contribution is 2.23. The molecular weight excluding hydrogens is 324 g/mol. The second kappa shape index (κ2) is 13.7. The van der Waals surface area contributed by atoms with Gasteiger partial charge in [-0.15, -0.1) is 0 Å². The lowest BCUT2D eigenvalue weighted by molar-refractivity contribution is 1.09. The van der Waals surface area contributed by atoms with Crippen molar-refractivity contribution in [3.8, 4) is 0 Å². The second-order valence-corrected chi connectivity index (χ2v) is 5.41. The molecule has 0 atom stereocenters. The van der Waals surface area contributed by atoms with E-state index in [-0.39, 0.29) is 5.69 Å². The number of allylic oxidation sites excluding steroid dienone is 4. The second-order valence-electron chi connectivity index (χ2n) is 5.41. The lowest BCUT2D eigenvalue weighted by atomic mass is 10.1. The smallest absolute Gasteiger partial charge is 0.323 e. The number of imidazole rings is 1. The lowest BCUT2D eigenvalue weighted by Gasteiger charge is -2.11.